The van der Waals surface area contributed by atoms with Gasteiger partial charge in [-0.3, -0.25) is 9.78 Å². The highest BCUT2D eigenvalue weighted by molar-refractivity contribution is 5.85. The fourth-order valence-electron chi connectivity index (χ4n) is 7.13. The van der Waals surface area contributed by atoms with Gasteiger partial charge < -0.3 is 40.9 Å². The number of pyridine rings is 1. The van der Waals surface area contributed by atoms with Crippen molar-refractivity contribution < 1.29 is 19.8 Å². The van der Waals surface area contributed by atoms with Gasteiger partial charge >= 0.3 is 6.03 Å². The lowest BCUT2D eigenvalue weighted by Gasteiger charge is -2.22. The van der Waals surface area contributed by atoms with Crippen molar-refractivity contribution in [2.75, 3.05) is 29.9 Å². The van der Waals surface area contributed by atoms with E-state index in [2.05, 4.69) is 50.5 Å². The van der Waals surface area contributed by atoms with E-state index < -0.39 is 24.3 Å². The lowest BCUT2D eigenvalue weighted by Crippen LogP contribution is -2.43. The monoisotopic (exact) mass is 704 g/mol. The van der Waals surface area contributed by atoms with Crippen LogP contribution in [0.1, 0.15) is 54.8 Å². The van der Waals surface area contributed by atoms with Crippen molar-refractivity contribution in [2.24, 2.45) is 0 Å². The number of fused-ring (bicyclic) bond motifs is 1. The van der Waals surface area contributed by atoms with Crippen LogP contribution in [0.2, 0.25) is 0 Å². The first-order valence-electron chi connectivity index (χ1n) is 17.8. The molecular weight excluding hydrogens is 660 g/mol. The van der Waals surface area contributed by atoms with Gasteiger partial charge in [0.2, 0.25) is 11.9 Å². The number of aromatic nitrogens is 5. The minimum absolute atomic E-state index is 0.0127. The highest BCUT2D eigenvalue weighted by atomic mass is 16.3. The van der Waals surface area contributed by atoms with Crippen molar-refractivity contribution in [1.82, 2.24) is 40.5 Å². The highest BCUT2D eigenvalue weighted by Crippen LogP contribution is 2.35. The topological polar surface area (TPSA) is 182 Å². The Hall–Kier alpha value is -5.60. The maximum absolute atomic E-state index is 12.8. The summed E-state index contributed by atoms with van der Waals surface area (Å²) in [4.78, 5) is 45.7. The summed E-state index contributed by atoms with van der Waals surface area (Å²) in [6, 6.07) is 22.7. The second kappa shape index (κ2) is 15.7. The number of hydrogen-bond acceptors (Lipinski definition) is 10. The molecule has 1 saturated carbocycles. The molecule has 52 heavy (non-hydrogen) atoms. The van der Waals surface area contributed by atoms with Gasteiger partial charge in [0.05, 0.1) is 18.4 Å². The number of aliphatic hydroxyl groups is 2. The fourth-order valence-corrected chi connectivity index (χ4v) is 7.13. The molecular formula is C38H44N10O4. The van der Waals surface area contributed by atoms with Crippen molar-refractivity contribution in [3.05, 3.63) is 108 Å². The molecule has 0 bridgehead atoms. The number of carbonyl (C=O) groups excluding carboxylic acids is 2. The number of rotatable bonds is 12. The van der Waals surface area contributed by atoms with E-state index in [1.165, 1.54) is 0 Å². The first kappa shape index (κ1) is 34.8. The maximum atomic E-state index is 12.8. The van der Waals surface area contributed by atoms with Gasteiger partial charge in [-0.15, -0.1) is 0 Å². The molecule has 7 rings (SSSR count). The molecule has 3 amide bonds. The van der Waals surface area contributed by atoms with Gasteiger partial charge in [0.25, 0.3) is 0 Å². The SMILES string of the molecule is CCC(=O)N[C@H]1C[C@@H](n2cnc3c(NCC(c4ccccc4)c4ccccc4)nc(N4CC[C@@H](NC(=O)NCc5ccncc5)C4)nc32)[C@H](O)[C@@H]1O. The number of benzene rings is 2. The molecule has 270 valence electrons. The van der Waals surface area contributed by atoms with E-state index in [0.717, 1.165) is 16.7 Å². The predicted octanol–water partition coefficient (Wildman–Crippen LogP) is 3.10. The van der Waals surface area contributed by atoms with Crippen molar-refractivity contribution in [1.29, 1.82) is 0 Å². The van der Waals surface area contributed by atoms with Crippen LogP contribution >= 0.6 is 0 Å². The standard InChI is InChI=1S/C38H44N10O4/c1-2-31(49)44-29-19-30(34(51)33(29)50)48-23-42-32-35(40-21-28(25-9-5-3-6-10-25)26-11-7-4-8-12-26)45-37(46-36(32)48)47-18-15-27(22-47)43-38(52)41-20-24-13-16-39-17-14-24/h3-14,16-17,23,27-30,33-34,50-51H,2,15,18-22H2,1H3,(H,44,49)(H,40,45,46)(H2,41,43,52)/t27-,29+,30-,33-,34+/m1/s1. The highest BCUT2D eigenvalue weighted by Gasteiger charge is 2.44. The molecule has 14 heteroatoms. The third-order valence-electron chi connectivity index (χ3n) is 9.97. The number of imidazole rings is 1. The molecule has 3 aromatic heterocycles. The second-order valence-electron chi connectivity index (χ2n) is 13.4. The number of urea groups is 1. The lowest BCUT2D eigenvalue weighted by molar-refractivity contribution is -0.122. The zero-order chi connectivity index (χ0) is 36.0. The van der Waals surface area contributed by atoms with Crippen LogP contribution in [-0.2, 0) is 11.3 Å². The smallest absolute Gasteiger partial charge is 0.315 e. The summed E-state index contributed by atoms with van der Waals surface area (Å²) in [5.41, 5.74) is 4.27. The van der Waals surface area contributed by atoms with Crippen LogP contribution in [0.25, 0.3) is 11.2 Å². The van der Waals surface area contributed by atoms with Crippen LogP contribution in [0.4, 0.5) is 16.6 Å². The van der Waals surface area contributed by atoms with Crippen LogP contribution in [-0.4, -0.2) is 90.6 Å². The van der Waals surface area contributed by atoms with E-state index in [4.69, 9.17) is 15.0 Å². The van der Waals surface area contributed by atoms with E-state index in [1.807, 2.05) is 53.4 Å². The van der Waals surface area contributed by atoms with Crippen molar-refractivity contribution >= 4 is 34.9 Å². The molecule has 0 unspecified atom stereocenters. The van der Waals surface area contributed by atoms with Crippen molar-refractivity contribution in [3.63, 3.8) is 0 Å². The van der Waals surface area contributed by atoms with Gasteiger partial charge in [-0.2, -0.15) is 9.97 Å². The third kappa shape index (κ3) is 7.67. The Bertz CT molecular complexity index is 1920. The molecule has 0 radical (unpaired) electrons. The Balaban J connectivity index is 1.16. The molecule has 4 heterocycles. The molecule has 1 aliphatic carbocycles. The zero-order valence-corrected chi connectivity index (χ0v) is 29.0. The molecule has 5 aromatic rings. The lowest BCUT2D eigenvalue weighted by atomic mass is 9.91. The van der Waals surface area contributed by atoms with Gasteiger partial charge in [-0.1, -0.05) is 67.6 Å². The number of hydrogen-bond donors (Lipinski definition) is 6. The summed E-state index contributed by atoms with van der Waals surface area (Å²) in [6.07, 6.45) is 3.97. The van der Waals surface area contributed by atoms with Gasteiger partial charge in [0.1, 0.15) is 12.2 Å². The van der Waals surface area contributed by atoms with Gasteiger partial charge in [0, 0.05) is 57.0 Å². The fraction of sp³-hybridized carbons (Fsp3) is 0.368. The number of anilines is 2. The van der Waals surface area contributed by atoms with Crippen LogP contribution in [0, 0.1) is 0 Å². The number of carbonyl (C=O) groups is 2. The van der Waals surface area contributed by atoms with E-state index in [9.17, 15) is 19.8 Å². The average Bonchev–Trinajstić information content (AvgIpc) is 3.90. The minimum Gasteiger partial charge on any atom is -0.388 e. The van der Waals surface area contributed by atoms with Crippen LogP contribution < -0.4 is 26.2 Å². The van der Waals surface area contributed by atoms with E-state index in [0.29, 0.717) is 62.0 Å². The van der Waals surface area contributed by atoms with Crippen molar-refractivity contribution in [3.8, 4) is 0 Å². The molecule has 0 spiro atoms. The molecule has 2 aromatic carbocycles. The van der Waals surface area contributed by atoms with E-state index in [1.54, 1.807) is 30.2 Å². The molecule has 14 nitrogen and oxygen atoms in total. The largest absolute Gasteiger partial charge is 0.388 e. The predicted molar refractivity (Wildman–Crippen MR) is 197 cm³/mol. The summed E-state index contributed by atoms with van der Waals surface area (Å²) in [6.45, 7) is 3.76. The summed E-state index contributed by atoms with van der Waals surface area (Å²) in [5, 5.41) is 34.5. The summed E-state index contributed by atoms with van der Waals surface area (Å²) < 4.78 is 1.78. The number of amides is 3. The number of nitrogens with one attached hydrogen (secondary N) is 4. The van der Waals surface area contributed by atoms with Crippen LogP contribution in [0.5, 0.6) is 0 Å². The zero-order valence-electron chi connectivity index (χ0n) is 29.0. The van der Waals surface area contributed by atoms with Gasteiger partial charge in [-0.25, -0.2) is 9.78 Å². The first-order chi connectivity index (χ1) is 25.4. The average molecular weight is 705 g/mol. The molecule has 2 aliphatic rings. The Morgan fingerprint density at radius 2 is 1.63 bits per heavy atom. The van der Waals surface area contributed by atoms with Crippen molar-refractivity contribution in [2.45, 2.75) is 69.0 Å². The molecule has 6 N–H and O–H groups in total. The first-order valence-corrected chi connectivity index (χ1v) is 17.8. The van der Waals surface area contributed by atoms with Crippen LogP contribution in [0.3, 0.4) is 0 Å². The molecule has 5 atom stereocenters. The van der Waals surface area contributed by atoms with E-state index in [-0.39, 0.29) is 30.3 Å². The Morgan fingerprint density at radius 1 is 0.923 bits per heavy atom. The second-order valence-corrected chi connectivity index (χ2v) is 13.4. The quantitative estimate of drug-likeness (QED) is 0.113. The van der Waals surface area contributed by atoms with Crippen LogP contribution in [0.15, 0.2) is 91.5 Å². The Kier molecular flexibility index (Phi) is 10.5. The summed E-state index contributed by atoms with van der Waals surface area (Å²) >= 11 is 0. The maximum Gasteiger partial charge on any atom is 0.315 e. The van der Waals surface area contributed by atoms with Gasteiger partial charge in [-0.05, 0) is 41.7 Å². The normalized spacial score (nSPS) is 21.4. The van der Waals surface area contributed by atoms with Gasteiger partial charge in [0.15, 0.2) is 17.0 Å². The number of aliphatic hydroxyl groups excluding tert-OH is 2. The molecule has 1 aliphatic heterocycles. The minimum atomic E-state index is -1.15. The Morgan fingerprint density at radius 3 is 2.33 bits per heavy atom. The third-order valence-corrected chi connectivity index (χ3v) is 9.97. The molecule has 1 saturated heterocycles. The number of nitrogens with zero attached hydrogens (tertiary/aromatic N) is 6. The van der Waals surface area contributed by atoms with E-state index >= 15 is 0 Å². The summed E-state index contributed by atoms with van der Waals surface area (Å²) in [7, 11) is 0. The molecule has 2 fully saturated rings. The summed E-state index contributed by atoms with van der Waals surface area (Å²) in [5.74, 6) is 0.806. The Labute approximate surface area is 301 Å².